The monoisotopic (exact) mass is 406 g/mol. The summed E-state index contributed by atoms with van der Waals surface area (Å²) >= 11 is 0. The lowest BCUT2D eigenvalue weighted by molar-refractivity contribution is -0.134. The Hall–Kier alpha value is -3.16. The number of carbonyl (C=O) groups excluding carboxylic acids is 3. The molecule has 0 aliphatic heterocycles. The molecule has 0 aliphatic rings. The molecular formula is C21H21F3N2O3. The molecule has 0 aromatic heterocycles. The molecule has 0 unspecified atom stereocenters. The van der Waals surface area contributed by atoms with Crippen LogP contribution in [0.25, 0.3) is 0 Å². The molecule has 0 heterocycles. The van der Waals surface area contributed by atoms with Gasteiger partial charge < -0.3 is 10.2 Å². The molecular weight excluding hydrogens is 385 g/mol. The van der Waals surface area contributed by atoms with Crippen molar-refractivity contribution in [3.05, 3.63) is 65.5 Å². The molecule has 1 N–H and O–H groups in total. The van der Waals surface area contributed by atoms with Gasteiger partial charge in [0.25, 0.3) is 0 Å². The van der Waals surface area contributed by atoms with Gasteiger partial charge in [0.2, 0.25) is 11.8 Å². The molecule has 2 rings (SSSR count). The van der Waals surface area contributed by atoms with E-state index >= 15 is 0 Å². The number of anilines is 1. The molecule has 154 valence electrons. The minimum absolute atomic E-state index is 0.0114. The molecule has 0 radical (unpaired) electrons. The summed E-state index contributed by atoms with van der Waals surface area (Å²) in [4.78, 5) is 38.0. The van der Waals surface area contributed by atoms with Gasteiger partial charge in [0.1, 0.15) is 0 Å². The number of benzene rings is 2. The van der Waals surface area contributed by atoms with E-state index in [0.29, 0.717) is 18.1 Å². The number of nitrogens with one attached hydrogen (secondary N) is 1. The Morgan fingerprint density at radius 2 is 1.62 bits per heavy atom. The van der Waals surface area contributed by atoms with E-state index in [2.05, 4.69) is 5.32 Å². The molecule has 2 aromatic carbocycles. The average molecular weight is 406 g/mol. The quantitative estimate of drug-likeness (QED) is 0.507. The lowest BCUT2D eigenvalue weighted by atomic mass is 10.1. The Bertz CT molecular complexity index is 888. The zero-order valence-corrected chi connectivity index (χ0v) is 15.9. The summed E-state index contributed by atoms with van der Waals surface area (Å²) in [6.07, 6.45) is 0.466. The van der Waals surface area contributed by atoms with Crippen LogP contribution in [0.2, 0.25) is 0 Å². The Labute approximate surface area is 166 Å². The van der Waals surface area contributed by atoms with E-state index in [-0.39, 0.29) is 25.2 Å². The van der Waals surface area contributed by atoms with Crippen LogP contribution >= 0.6 is 0 Å². The number of carbonyl (C=O) groups is 3. The fourth-order valence-electron chi connectivity index (χ4n) is 2.69. The second-order valence-corrected chi connectivity index (χ2v) is 6.38. The molecule has 0 atom stereocenters. The lowest BCUT2D eigenvalue weighted by Gasteiger charge is -2.21. The topological polar surface area (TPSA) is 66.5 Å². The zero-order chi connectivity index (χ0) is 21.4. The third kappa shape index (κ3) is 6.17. The van der Waals surface area contributed by atoms with Crippen LogP contribution in [-0.2, 0) is 9.59 Å². The van der Waals surface area contributed by atoms with Gasteiger partial charge in [-0.3, -0.25) is 14.4 Å². The Balaban J connectivity index is 1.96. The van der Waals surface area contributed by atoms with E-state index in [0.717, 1.165) is 6.07 Å². The van der Waals surface area contributed by atoms with E-state index in [1.165, 1.54) is 4.90 Å². The van der Waals surface area contributed by atoms with Gasteiger partial charge in [-0.2, -0.15) is 0 Å². The SMILES string of the molecule is CCCN(CC(=O)Nc1ccc(F)c(F)c1F)C(=O)CCC(=O)c1ccccc1. The molecule has 29 heavy (non-hydrogen) atoms. The maximum atomic E-state index is 13.7. The van der Waals surface area contributed by atoms with Crippen molar-refractivity contribution in [3.8, 4) is 0 Å². The van der Waals surface area contributed by atoms with E-state index in [1.54, 1.807) is 30.3 Å². The van der Waals surface area contributed by atoms with Gasteiger partial charge in [0, 0.05) is 24.9 Å². The molecule has 0 aliphatic carbocycles. The lowest BCUT2D eigenvalue weighted by Crippen LogP contribution is -2.38. The third-order valence-electron chi connectivity index (χ3n) is 4.15. The van der Waals surface area contributed by atoms with Crippen LogP contribution in [0.4, 0.5) is 18.9 Å². The molecule has 0 saturated heterocycles. The van der Waals surface area contributed by atoms with Crippen LogP contribution in [0.1, 0.15) is 36.5 Å². The highest BCUT2D eigenvalue weighted by molar-refractivity contribution is 5.99. The predicted molar refractivity (Wildman–Crippen MR) is 102 cm³/mol. The molecule has 0 saturated carbocycles. The average Bonchev–Trinajstić information content (AvgIpc) is 2.72. The number of rotatable bonds is 9. The number of amides is 2. The van der Waals surface area contributed by atoms with Gasteiger partial charge in [-0.1, -0.05) is 37.3 Å². The second kappa shape index (κ2) is 10.4. The summed E-state index contributed by atoms with van der Waals surface area (Å²) in [5.74, 6) is -5.93. The highest BCUT2D eigenvalue weighted by atomic mass is 19.2. The number of nitrogens with zero attached hydrogens (tertiary/aromatic N) is 1. The van der Waals surface area contributed by atoms with Crippen molar-refractivity contribution in [2.75, 3.05) is 18.4 Å². The first kappa shape index (κ1) is 22.1. The summed E-state index contributed by atoms with van der Waals surface area (Å²) in [5.41, 5.74) is -0.0223. The van der Waals surface area contributed by atoms with Crippen LogP contribution in [-0.4, -0.2) is 35.6 Å². The van der Waals surface area contributed by atoms with Gasteiger partial charge in [-0.15, -0.1) is 0 Å². The van der Waals surface area contributed by atoms with E-state index in [9.17, 15) is 27.6 Å². The van der Waals surface area contributed by atoms with Gasteiger partial charge in [-0.05, 0) is 18.6 Å². The van der Waals surface area contributed by atoms with E-state index < -0.39 is 41.5 Å². The summed E-state index contributed by atoms with van der Waals surface area (Å²) in [6.45, 7) is 1.67. The first-order valence-electron chi connectivity index (χ1n) is 9.12. The smallest absolute Gasteiger partial charge is 0.244 e. The highest BCUT2D eigenvalue weighted by Gasteiger charge is 2.20. The van der Waals surface area contributed by atoms with Gasteiger partial charge in [-0.25, -0.2) is 13.2 Å². The Kier molecular flexibility index (Phi) is 7.94. The minimum Gasteiger partial charge on any atom is -0.333 e. The maximum Gasteiger partial charge on any atom is 0.244 e. The minimum atomic E-state index is -1.69. The normalized spacial score (nSPS) is 10.5. The molecule has 8 heteroatoms. The van der Waals surface area contributed by atoms with Crippen molar-refractivity contribution < 1.29 is 27.6 Å². The number of Topliss-reactive ketones (excluding diaryl/α,β-unsaturated/α-hetero) is 1. The van der Waals surface area contributed by atoms with E-state index in [1.807, 2.05) is 6.92 Å². The van der Waals surface area contributed by atoms with Gasteiger partial charge in [0.15, 0.2) is 23.2 Å². The molecule has 2 aromatic rings. The number of hydrogen-bond acceptors (Lipinski definition) is 3. The summed E-state index contributed by atoms with van der Waals surface area (Å²) in [5, 5.41) is 2.13. The van der Waals surface area contributed by atoms with Crippen LogP contribution in [0.5, 0.6) is 0 Å². The number of halogens is 3. The first-order chi connectivity index (χ1) is 13.8. The summed E-state index contributed by atoms with van der Waals surface area (Å²) in [7, 11) is 0. The zero-order valence-electron chi connectivity index (χ0n) is 15.9. The van der Waals surface area contributed by atoms with Crippen molar-refractivity contribution in [2.45, 2.75) is 26.2 Å². The Morgan fingerprint density at radius 3 is 2.28 bits per heavy atom. The van der Waals surface area contributed by atoms with E-state index in [4.69, 9.17) is 0 Å². The molecule has 0 fully saturated rings. The fourth-order valence-corrected chi connectivity index (χ4v) is 2.69. The second-order valence-electron chi connectivity index (χ2n) is 6.38. The summed E-state index contributed by atoms with van der Waals surface area (Å²) in [6, 6.07) is 10.1. The van der Waals surface area contributed by atoms with Crippen molar-refractivity contribution in [1.82, 2.24) is 4.90 Å². The number of ketones is 1. The largest absolute Gasteiger partial charge is 0.333 e. The van der Waals surface area contributed by atoms with Gasteiger partial charge >= 0.3 is 0 Å². The predicted octanol–water partition coefficient (Wildman–Crippen LogP) is 3.94. The molecule has 2 amide bonds. The molecule has 5 nitrogen and oxygen atoms in total. The van der Waals surface area contributed by atoms with Crippen molar-refractivity contribution in [1.29, 1.82) is 0 Å². The standard InChI is InChI=1S/C21H21F3N2O3/c1-2-12-26(19(29)11-10-17(27)14-6-4-3-5-7-14)13-18(28)25-16-9-8-15(22)20(23)21(16)24/h3-9H,2,10-13H2,1H3,(H,25,28). The van der Waals surface area contributed by atoms with Crippen molar-refractivity contribution in [2.24, 2.45) is 0 Å². The number of hydrogen-bond donors (Lipinski definition) is 1. The molecule has 0 bridgehead atoms. The van der Waals surface area contributed by atoms with Crippen molar-refractivity contribution in [3.63, 3.8) is 0 Å². The van der Waals surface area contributed by atoms with Crippen molar-refractivity contribution >= 4 is 23.3 Å². The van der Waals surface area contributed by atoms with Crippen LogP contribution in [0.3, 0.4) is 0 Å². The summed E-state index contributed by atoms with van der Waals surface area (Å²) < 4.78 is 39.9. The highest BCUT2D eigenvalue weighted by Crippen LogP contribution is 2.19. The van der Waals surface area contributed by atoms with Crippen LogP contribution < -0.4 is 5.32 Å². The third-order valence-corrected chi connectivity index (χ3v) is 4.15. The van der Waals surface area contributed by atoms with Crippen LogP contribution in [0, 0.1) is 17.5 Å². The van der Waals surface area contributed by atoms with Gasteiger partial charge in [0.05, 0.1) is 12.2 Å². The fraction of sp³-hybridized carbons (Fsp3) is 0.286. The first-order valence-corrected chi connectivity index (χ1v) is 9.12. The van der Waals surface area contributed by atoms with Crippen LogP contribution in [0.15, 0.2) is 42.5 Å². The molecule has 0 spiro atoms. The Morgan fingerprint density at radius 1 is 0.931 bits per heavy atom. The maximum absolute atomic E-state index is 13.7.